The average Bonchev–Trinajstić information content (AvgIpc) is 2.74. The molecule has 1 saturated heterocycles. The molecule has 1 aliphatic rings. The highest BCUT2D eigenvalue weighted by atomic mass is 35.5. The molecule has 5 heteroatoms. The van der Waals surface area contributed by atoms with Gasteiger partial charge in [-0.2, -0.15) is 0 Å². The van der Waals surface area contributed by atoms with Crippen LogP contribution in [0.4, 0.5) is 4.39 Å². The second-order valence-electron chi connectivity index (χ2n) is 4.31. The summed E-state index contributed by atoms with van der Waals surface area (Å²) in [5.41, 5.74) is 1.10. The molecule has 1 aromatic carbocycles. The van der Waals surface area contributed by atoms with Crippen LogP contribution in [0.25, 0.3) is 11.1 Å². The number of benzene rings is 1. The summed E-state index contributed by atoms with van der Waals surface area (Å²) >= 11 is 5.71. The Bertz CT molecular complexity index is 510. The van der Waals surface area contributed by atoms with E-state index < -0.39 is 5.82 Å². The summed E-state index contributed by atoms with van der Waals surface area (Å²) in [6.45, 7) is 1.94. The molecule has 1 aliphatic heterocycles. The van der Waals surface area contributed by atoms with Crippen molar-refractivity contribution in [2.45, 2.75) is 18.8 Å². The van der Waals surface area contributed by atoms with Crippen molar-refractivity contribution in [2.75, 3.05) is 13.1 Å². The first-order chi connectivity index (χ1) is 8.24. The number of hydrogen-bond acceptors (Lipinski definition) is 3. The normalized spacial score (nSPS) is 17.8. The van der Waals surface area contributed by atoms with Gasteiger partial charge in [0.25, 0.3) is 0 Å². The van der Waals surface area contributed by atoms with Gasteiger partial charge in [0.05, 0.1) is 5.02 Å². The fourth-order valence-corrected chi connectivity index (χ4v) is 2.34. The van der Waals surface area contributed by atoms with Gasteiger partial charge in [-0.05, 0) is 25.9 Å². The van der Waals surface area contributed by atoms with Gasteiger partial charge in [-0.3, -0.25) is 0 Å². The van der Waals surface area contributed by atoms with Crippen LogP contribution in [-0.4, -0.2) is 18.1 Å². The molecule has 0 amide bonds. The van der Waals surface area contributed by atoms with Crippen molar-refractivity contribution in [3.63, 3.8) is 0 Å². The van der Waals surface area contributed by atoms with Crippen LogP contribution in [-0.2, 0) is 0 Å². The second-order valence-corrected chi connectivity index (χ2v) is 4.72. The van der Waals surface area contributed by atoms with Gasteiger partial charge in [0.2, 0.25) is 0 Å². The molecule has 0 spiro atoms. The number of nitrogens with one attached hydrogen (secondary N) is 1. The van der Waals surface area contributed by atoms with Crippen molar-refractivity contribution in [2.24, 2.45) is 0 Å². The average molecular weight is 255 g/mol. The molecular weight excluding hydrogens is 243 g/mol. The molecule has 0 atom stereocenters. The minimum atomic E-state index is -0.454. The van der Waals surface area contributed by atoms with Crippen LogP contribution in [0.1, 0.15) is 24.7 Å². The maximum atomic E-state index is 13.3. The van der Waals surface area contributed by atoms with E-state index in [0.29, 0.717) is 22.9 Å². The third-order valence-electron chi connectivity index (χ3n) is 3.14. The van der Waals surface area contributed by atoms with Crippen LogP contribution in [0.2, 0.25) is 5.02 Å². The predicted molar refractivity (Wildman–Crippen MR) is 63.8 cm³/mol. The van der Waals surface area contributed by atoms with Crippen LogP contribution in [0.5, 0.6) is 0 Å². The zero-order valence-corrected chi connectivity index (χ0v) is 9.93. The molecule has 3 rings (SSSR count). The van der Waals surface area contributed by atoms with Crippen molar-refractivity contribution >= 4 is 22.7 Å². The van der Waals surface area contributed by atoms with Crippen LogP contribution >= 0.6 is 11.6 Å². The second kappa shape index (κ2) is 4.27. The third-order valence-corrected chi connectivity index (χ3v) is 3.43. The van der Waals surface area contributed by atoms with E-state index in [1.54, 1.807) is 0 Å². The lowest BCUT2D eigenvalue weighted by Gasteiger charge is -2.19. The van der Waals surface area contributed by atoms with Crippen molar-refractivity contribution < 1.29 is 8.81 Å². The molecular formula is C12H12ClFN2O. The van der Waals surface area contributed by atoms with E-state index in [4.69, 9.17) is 16.0 Å². The molecule has 1 aromatic heterocycles. The summed E-state index contributed by atoms with van der Waals surface area (Å²) < 4.78 is 18.9. The zero-order chi connectivity index (χ0) is 11.8. The van der Waals surface area contributed by atoms with Crippen molar-refractivity contribution in [3.8, 4) is 0 Å². The first kappa shape index (κ1) is 11.0. The Labute approximate surface area is 103 Å². The number of rotatable bonds is 1. The number of hydrogen-bond donors (Lipinski definition) is 1. The summed E-state index contributed by atoms with van der Waals surface area (Å²) in [7, 11) is 0. The Hall–Kier alpha value is -1.13. The molecule has 0 radical (unpaired) electrons. The molecule has 90 valence electrons. The molecule has 1 N–H and O–H groups in total. The van der Waals surface area contributed by atoms with Crippen LogP contribution in [0.3, 0.4) is 0 Å². The highest BCUT2D eigenvalue weighted by Crippen LogP contribution is 2.29. The first-order valence-corrected chi connectivity index (χ1v) is 6.08. The molecule has 3 nitrogen and oxygen atoms in total. The zero-order valence-electron chi connectivity index (χ0n) is 9.17. The number of aromatic nitrogens is 1. The summed E-state index contributed by atoms with van der Waals surface area (Å²) in [6.07, 6.45) is 2.01. The lowest BCUT2D eigenvalue weighted by molar-refractivity contribution is 0.385. The van der Waals surface area contributed by atoms with Crippen LogP contribution in [0.15, 0.2) is 16.5 Å². The smallest absolute Gasteiger partial charge is 0.198 e. The lowest BCUT2D eigenvalue weighted by Crippen LogP contribution is -2.26. The Kier molecular flexibility index (Phi) is 2.76. The van der Waals surface area contributed by atoms with E-state index in [9.17, 15) is 4.39 Å². The lowest BCUT2D eigenvalue weighted by atomic mass is 9.98. The Balaban J connectivity index is 2.00. The van der Waals surface area contributed by atoms with Gasteiger partial charge >= 0.3 is 0 Å². The Morgan fingerprint density at radius 2 is 2.12 bits per heavy atom. The van der Waals surface area contributed by atoms with Crippen molar-refractivity contribution in [1.29, 1.82) is 0 Å². The maximum Gasteiger partial charge on any atom is 0.198 e. The minimum absolute atomic E-state index is 0.0745. The summed E-state index contributed by atoms with van der Waals surface area (Å²) in [5, 5.41) is 3.36. The van der Waals surface area contributed by atoms with Crippen molar-refractivity contribution in [3.05, 3.63) is 28.9 Å². The first-order valence-electron chi connectivity index (χ1n) is 5.70. The summed E-state index contributed by atoms with van der Waals surface area (Å²) in [5.74, 6) is 0.568. The highest BCUT2D eigenvalue weighted by Gasteiger charge is 2.21. The van der Waals surface area contributed by atoms with E-state index in [1.165, 1.54) is 12.1 Å². The third kappa shape index (κ3) is 2.03. The van der Waals surface area contributed by atoms with Gasteiger partial charge in [-0.25, -0.2) is 9.37 Å². The molecule has 0 aliphatic carbocycles. The molecule has 0 unspecified atom stereocenters. The highest BCUT2D eigenvalue weighted by molar-refractivity contribution is 6.31. The number of oxazole rings is 1. The molecule has 1 fully saturated rings. The largest absolute Gasteiger partial charge is 0.440 e. The predicted octanol–water partition coefficient (Wildman–Crippen LogP) is 3.09. The van der Waals surface area contributed by atoms with Gasteiger partial charge in [0.15, 0.2) is 11.5 Å². The maximum absolute atomic E-state index is 13.3. The monoisotopic (exact) mass is 254 g/mol. The number of halogens is 2. The van der Waals surface area contributed by atoms with Crippen LogP contribution in [0, 0.1) is 5.82 Å². The molecule has 17 heavy (non-hydrogen) atoms. The SMILES string of the molecule is Fc1cc2nc(C3CCNCC3)oc2cc1Cl. The topological polar surface area (TPSA) is 38.1 Å². The number of piperidine rings is 1. The van der Waals surface area contributed by atoms with Gasteiger partial charge in [-0.15, -0.1) is 0 Å². The fourth-order valence-electron chi connectivity index (χ4n) is 2.18. The standard InChI is InChI=1S/C12H12ClFN2O/c13-8-5-11-10(6-9(8)14)16-12(17-11)7-1-3-15-4-2-7/h5-7,15H,1-4H2. The molecule has 0 saturated carbocycles. The van der Waals surface area contributed by atoms with Gasteiger partial charge in [0.1, 0.15) is 11.3 Å². The van der Waals surface area contributed by atoms with Gasteiger partial charge in [0, 0.05) is 18.1 Å². The van der Waals surface area contributed by atoms with E-state index in [0.717, 1.165) is 25.9 Å². The Morgan fingerprint density at radius 1 is 1.35 bits per heavy atom. The summed E-state index contributed by atoms with van der Waals surface area (Å²) in [4.78, 5) is 4.35. The van der Waals surface area contributed by atoms with Gasteiger partial charge in [-0.1, -0.05) is 11.6 Å². The molecule has 0 bridgehead atoms. The van der Waals surface area contributed by atoms with E-state index >= 15 is 0 Å². The van der Waals surface area contributed by atoms with E-state index in [-0.39, 0.29) is 5.02 Å². The van der Waals surface area contributed by atoms with Crippen molar-refractivity contribution in [1.82, 2.24) is 10.3 Å². The fraction of sp³-hybridized carbons (Fsp3) is 0.417. The molecule has 2 aromatic rings. The quantitative estimate of drug-likeness (QED) is 0.850. The Morgan fingerprint density at radius 3 is 2.88 bits per heavy atom. The van der Waals surface area contributed by atoms with Crippen LogP contribution < -0.4 is 5.32 Å². The van der Waals surface area contributed by atoms with E-state index in [1.807, 2.05) is 0 Å². The minimum Gasteiger partial charge on any atom is -0.440 e. The van der Waals surface area contributed by atoms with E-state index in [2.05, 4.69) is 10.3 Å². The van der Waals surface area contributed by atoms with Gasteiger partial charge < -0.3 is 9.73 Å². The number of nitrogens with zero attached hydrogens (tertiary/aromatic N) is 1. The summed E-state index contributed by atoms with van der Waals surface area (Å²) in [6, 6.07) is 2.82. The molecule has 2 heterocycles. The number of fused-ring (bicyclic) bond motifs is 1.